The predicted molar refractivity (Wildman–Crippen MR) is 75.1 cm³/mol. The number of aliphatic hydroxyl groups excluding tert-OH is 1. The third-order valence-corrected chi connectivity index (χ3v) is 3.66. The van der Waals surface area contributed by atoms with Gasteiger partial charge >= 0.3 is 5.97 Å². The van der Waals surface area contributed by atoms with Crippen molar-refractivity contribution in [1.29, 1.82) is 0 Å². The van der Waals surface area contributed by atoms with Gasteiger partial charge in [-0.15, -0.1) is 0 Å². The number of nitrogens with zero attached hydrogens (tertiary/aromatic N) is 1. The van der Waals surface area contributed by atoms with Crippen molar-refractivity contribution in [3.05, 3.63) is 29.8 Å². The average molecular weight is 279 g/mol. The first kappa shape index (κ1) is 14.8. The summed E-state index contributed by atoms with van der Waals surface area (Å²) in [5.74, 6) is 0.244. The van der Waals surface area contributed by atoms with Crippen LogP contribution in [0.15, 0.2) is 24.3 Å². The molecule has 2 rings (SSSR count). The number of carboxylic acid groups (broad SMARTS) is 1. The summed E-state index contributed by atoms with van der Waals surface area (Å²) >= 11 is 0. The molecule has 0 aliphatic carbocycles. The van der Waals surface area contributed by atoms with Crippen molar-refractivity contribution >= 4 is 5.97 Å². The average Bonchev–Trinajstić information content (AvgIpc) is 2.87. The SMILES string of the molecule is O=C(O)c1cccc(OCCN2CCC(CCO)C2)c1. The lowest BCUT2D eigenvalue weighted by atomic mass is 10.1. The summed E-state index contributed by atoms with van der Waals surface area (Å²) in [7, 11) is 0. The second-order valence-corrected chi connectivity index (χ2v) is 5.15. The molecule has 5 nitrogen and oxygen atoms in total. The first-order chi connectivity index (χ1) is 9.69. The van der Waals surface area contributed by atoms with E-state index in [-0.39, 0.29) is 12.2 Å². The number of benzene rings is 1. The molecule has 1 aromatic rings. The second-order valence-electron chi connectivity index (χ2n) is 5.15. The molecule has 1 saturated heterocycles. The zero-order valence-corrected chi connectivity index (χ0v) is 11.5. The van der Waals surface area contributed by atoms with Gasteiger partial charge in [-0.2, -0.15) is 0 Å². The van der Waals surface area contributed by atoms with E-state index in [0.29, 0.717) is 18.3 Å². The van der Waals surface area contributed by atoms with Crippen LogP contribution >= 0.6 is 0 Å². The maximum absolute atomic E-state index is 10.8. The standard InChI is InChI=1S/C15H21NO4/c17-8-5-12-4-6-16(11-12)7-9-20-14-3-1-2-13(10-14)15(18)19/h1-3,10,12,17H,4-9,11H2,(H,18,19). The number of rotatable bonds is 7. The minimum Gasteiger partial charge on any atom is -0.492 e. The van der Waals surface area contributed by atoms with Crippen molar-refractivity contribution < 1.29 is 19.7 Å². The molecule has 0 aromatic heterocycles. The maximum atomic E-state index is 10.8. The molecule has 1 atom stereocenters. The van der Waals surface area contributed by atoms with Gasteiger partial charge in [-0.1, -0.05) is 6.07 Å². The molecule has 0 spiro atoms. The largest absolute Gasteiger partial charge is 0.492 e. The molecule has 0 amide bonds. The van der Waals surface area contributed by atoms with Gasteiger partial charge in [-0.3, -0.25) is 4.90 Å². The van der Waals surface area contributed by atoms with Crippen molar-refractivity contribution in [2.45, 2.75) is 12.8 Å². The lowest BCUT2D eigenvalue weighted by molar-refractivity contribution is 0.0696. The van der Waals surface area contributed by atoms with Crippen LogP contribution in [0, 0.1) is 5.92 Å². The highest BCUT2D eigenvalue weighted by Gasteiger charge is 2.21. The van der Waals surface area contributed by atoms with E-state index in [1.54, 1.807) is 24.3 Å². The normalized spacial score (nSPS) is 19.1. The summed E-state index contributed by atoms with van der Waals surface area (Å²) in [6.07, 6.45) is 2.01. The highest BCUT2D eigenvalue weighted by molar-refractivity contribution is 5.87. The van der Waals surface area contributed by atoms with Crippen LogP contribution in [0.1, 0.15) is 23.2 Å². The van der Waals surface area contributed by atoms with Crippen molar-refractivity contribution in [2.24, 2.45) is 5.92 Å². The van der Waals surface area contributed by atoms with E-state index in [1.807, 2.05) is 0 Å². The molecule has 0 bridgehead atoms. The Labute approximate surface area is 118 Å². The minimum atomic E-state index is -0.943. The van der Waals surface area contributed by atoms with E-state index in [0.717, 1.165) is 32.5 Å². The van der Waals surface area contributed by atoms with Crippen LogP contribution in [0.3, 0.4) is 0 Å². The van der Waals surface area contributed by atoms with Gasteiger partial charge in [0.2, 0.25) is 0 Å². The molecule has 20 heavy (non-hydrogen) atoms. The van der Waals surface area contributed by atoms with E-state index < -0.39 is 5.97 Å². The summed E-state index contributed by atoms with van der Waals surface area (Å²) in [4.78, 5) is 13.2. The zero-order valence-electron chi connectivity index (χ0n) is 11.5. The smallest absolute Gasteiger partial charge is 0.335 e. The van der Waals surface area contributed by atoms with Gasteiger partial charge in [0.25, 0.3) is 0 Å². The van der Waals surface area contributed by atoms with Crippen molar-refractivity contribution in [1.82, 2.24) is 4.90 Å². The van der Waals surface area contributed by atoms with Gasteiger partial charge in [0, 0.05) is 19.7 Å². The number of likely N-dealkylation sites (tertiary alicyclic amines) is 1. The third-order valence-electron chi connectivity index (χ3n) is 3.66. The Hall–Kier alpha value is -1.59. The lowest BCUT2D eigenvalue weighted by Gasteiger charge is -2.16. The van der Waals surface area contributed by atoms with Crippen molar-refractivity contribution in [2.75, 3.05) is 32.8 Å². The number of carbonyl (C=O) groups is 1. The summed E-state index contributed by atoms with van der Waals surface area (Å²) in [6.45, 7) is 3.70. The van der Waals surface area contributed by atoms with Crippen LogP contribution in [0.4, 0.5) is 0 Å². The van der Waals surface area contributed by atoms with Crippen LogP contribution in [-0.4, -0.2) is 53.9 Å². The van der Waals surface area contributed by atoms with E-state index in [1.165, 1.54) is 0 Å². The molecule has 5 heteroatoms. The number of aliphatic hydroxyl groups is 1. The highest BCUT2D eigenvalue weighted by Crippen LogP contribution is 2.19. The Bertz CT molecular complexity index is 449. The quantitative estimate of drug-likeness (QED) is 0.791. The molecule has 1 aliphatic rings. The van der Waals surface area contributed by atoms with Crippen LogP contribution in [-0.2, 0) is 0 Å². The van der Waals surface area contributed by atoms with Crippen molar-refractivity contribution in [3.8, 4) is 5.75 Å². The molecule has 1 unspecified atom stereocenters. The van der Waals surface area contributed by atoms with E-state index in [4.69, 9.17) is 14.9 Å². The highest BCUT2D eigenvalue weighted by atomic mass is 16.5. The minimum absolute atomic E-state index is 0.242. The topological polar surface area (TPSA) is 70.0 Å². The van der Waals surface area contributed by atoms with E-state index >= 15 is 0 Å². The van der Waals surface area contributed by atoms with Crippen LogP contribution < -0.4 is 4.74 Å². The first-order valence-electron chi connectivity index (χ1n) is 6.98. The summed E-state index contributed by atoms with van der Waals surface area (Å²) in [5, 5.41) is 17.8. The molecule has 1 aliphatic heterocycles. The maximum Gasteiger partial charge on any atom is 0.335 e. The predicted octanol–water partition coefficient (Wildman–Crippen LogP) is 1.47. The number of hydrogen-bond donors (Lipinski definition) is 2. The van der Waals surface area contributed by atoms with Crippen LogP contribution in [0.25, 0.3) is 0 Å². The fourth-order valence-corrected chi connectivity index (χ4v) is 2.55. The molecule has 110 valence electrons. The first-order valence-corrected chi connectivity index (χ1v) is 6.98. The third kappa shape index (κ3) is 4.21. The van der Waals surface area contributed by atoms with E-state index in [9.17, 15) is 4.79 Å². The molecular formula is C15H21NO4. The van der Waals surface area contributed by atoms with Gasteiger partial charge < -0.3 is 14.9 Å². The number of carboxylic acids is 1. The van der Waals surface area contributed by atoms with Crippen LogP contribution in [0.5, 0.6) is 5.75 Å². The Balaban J connectivity index is 1.73. The Morgan fingerprint density at radius 1 is 1.45 bits per heavy atom. The van der Waals surface area contributed by atoms with Gasteiger partial charge in [0.1, 0.15) is 12.4 Å². The van der Waals surface area contributed by atoms with Gasteiger partial charge in [0.05, 0.1) is 5.56 Å². The molecule has 1 fully saturated rings. The number of hydrogen-bond acceptors (Lipinski definition) is 4. The van der Waals surface area contributed by atoms with Gasteiger partial charge in [0.15, 0.2) is 0 Å². The number of aromatic carboxylic acids is 1. The summed E-state index contributed by atoms with van der Waals surface area (Å²) in [5.41, 5.74) is 0.242. The fraction of sp³-hybridized carbons (Fsp3) is 0.533. The molecule has 0 saturated carbocycles. The summed E-state index contributed by atoms with van der Waals surface area (Å²) in [6, 6.07) is 6.55. The molecule has 0 radical (unpaired) electrons. The molecular weight excluding hydrogens is 258 g/mol. The van der Waals surface area contributed by atoms with Gasteiger partial charge in [-0.05, 0) is 43.5 Å². The number of ether oxygens (including phenoxy) is 1. The summed E-state index contributed by atoms with van der Waals surface area (Å²) < 4.78 is 5.60. The monoisotopic (exact) mass is 279 g/mol. The van der Waals surface area contributed by atoms with Crippen molar-refractivity contribution in [3.63, 3.8) is 0 Å². The molecule has 1 heterocycles. The van der Waals surface area contributed by atoms with E-state index in [2.05, 4.69) is 4.90 Å². The fourth-order valence-electron chi connectivity index (χ4n) is 2.55. The Morgan fingerprint density at radius 3 is 3.05 bits per heavy atom. The van der Waals surface area contributed by atoms with Gasteiger partial charge in [-0.25, -0.2) is 4.79 Å². The Kier molecular flexibility index (Phi) is 5.38. The second kappa shape index (κ2) is 7.26. The van der Waals surface area contributed by atoms with Crippen LogP contribution in [0.2, 0.25) is 0 Å². The molecule has 1 aromatic carbocycles. The molecule has 2 N–H and O–H groups in total. The zero-order chi connectivity index (χ0) is 14.4. The lowest BCUT2D eigenvalue weighted by Crippen LogP contribution is -2.26. The Morgan fingerprint density at radius 2 is 2.30 bits per heavy atom.